The third-order valence-corrected chi connectivity index (χ3v) is 5.28. The predicted octanol–water partition coefficient (Wildman–Crippen LogP) is 5.00. The minimum absolute atomic E-state index is 0.0574. The van der Waals surface area contributed by atoms with E-state index in [0.717, 1.165) is 12.8 Å². The van der Waals surface area contributed by atoms with Crippen molar-refractivity contribution < 1.29 is 27.8 Å². The van der Waals surface area contributed by atoms with Crippen LogP contribution in [0.25, 0.3) is 6.08 Å². The largest absolute Gasteiger partial charge is 0.463 e. The molecule has 1 aromatic carbocycles. The number of nitrogens with zero attached hydrogens (tertiary/aromatic N) is 1. The molecule has 158 valence electrons. The maximum Gasteiger partial charge on any atom is 0.387 e. The summed E-state index contributed by atoms with van der Waals surface area (Å²) in [6, 6.07) is 6.03. The number of ether oxygens (including phenoxy) is 2. The van der Waals surface area contributed by atoms with Gasteiger partial charge in [-0.1, -0.05) is 42.5 Å². The average Bonchev–Trinajstić information content (AvgIpc) is 2.89. The highest BCUT2D eigenvalue weighted by atomic mass is 32.2. The molecule has 1 amide bonds. The van der Waals surface area contributed by atoms with E-state index in [1.165, 1.54) is 23.9 Å². The zero-order valence-corrected chi connectivity index (χ0v) is 17.9. The Balaban J connectivity index is 1.83. The summed E-state index contributed by atoms with van der Waals surface area (Å²) in [5, 5.41) is 0. The van der Waals surface area contributed by atoms with Gasteiger partial charge in [-0.15, -0.1) is 0 Å². The topological polar surface area (TPSA) is 55.8 Å². The first kappa shape index (κ1) is 23.3. The summed E-state index contributed by atoms with van der Waals surface area (Å²) in [5.74, 6) is -0.326. The van der Waals surface area contributed by atoms with Crippen LogP contribution in [0.1, 0.15) is 45.1 Å². The summed E-state index contributed by atoms with van der Waals surface area (Å²) < 4.78 is 34.3. The van der Waals surface area contributed by atoms with Crippen molar-refractivity contribution in [3.05, 3.63) is 34.7 Å². The molecule has 0 spiro atoms. The molecule has 0 atom stereocenters. The number of hydrogen-bond donors (Lipinski definition) is 0. The van der Waals surface area contributed by atoms with E-state index >= 15 is 0 Å². The Morgan fingerprint density at radius 2 is 1.90 bits per heavy atom. The standard InChI is InChI=1S/C20H23F2NO4S2/c1-13(2)26-17(24)6-4-3-5-11-23-18(25)16(29-20(23)28)12-14-7-9-15(10-8-14)27-19(21)22/h7-10,12-13,19H,3-6,11H2,1-2H3/b16-12-. The lowest BCUT2D eigenvalue weighted by Crippen LogP contribution is -2.29. The minimum atomic E-state index is -2.88. The monoisotopic (exact) mass is 443 g/mol. The first-order valence-electron chi connectivity index (χ1n) is 9.26. The molecule has 1 aliphatic heterocycles. The number of thiocarbonyl (C=S) groups is 1. The molecule has 0 aliphatic carbocycles. The number of carbonyl (C=O) groups is 2. The molecule has 29 heavy (non-hydrogen) atoms. The van der Waals surface area contributed by atoms with Gasteiger partial charge in [-0.3, -0.25) is 14.5 Å². The number of halogens is 2. The van der Waals surface area contributed by atoms with E-state index in [0.29, 0.717) is 34.2 Å². The van der Waals surface area contributed by atoms with Crippen molar-refractivity contribution in [3.63, 3.8) is 0 Å². The van der Waals surface area contributed by atoms with E-state index in [-0.39, 0.29) is 23.7 Å². The van der Waals surface area contributed by atoms with E-state index in [1.54, 1.807) is 23.1 Å². The third-order valence-electron chi connectivity index (χ3n) is 3.91. The van der Waals surface area contributed by atoms with Crippen LogP contribution in [0.3, 0.4) is 0 Å². The zero-order chi connectivity index (χ0) is 21.4. The van der Waals surface area contributed by atoms with Gasteiger partial charge in [-0.05, 0) is 50.5 Å². The van der Waals surface area contributed by atoms with E-state index in [4.69, 9.17) is 17.0 Å². The molecule has 0 saturated carbocycles. The number of benzene rings is 1. The molecular weight excluding hydrogens is 420 g/mol. The number of esters is 1. The second-order valence-corrected chi connectivity index (χ2v) is 8.31. The van der Waals surface area contributed by atoms with Gasteiger partial charge in [-0.25, -0.2) is 0 Å². The molecular formula is C20H23F2NO4S2. The number of carbonyl (C=O) groups excluding carboxylic acids is 2. The van der Waals surface area contributed by atoms with Gasteiger partial charge in [0, 0.05) is 13.0 Å². The van der Waals surface area contributed by atoms with E-state index in [9.17, 15) is 18.4 Å². The molecule has 1 aliphatic rings. The van der Waals surface area contributed by atoms with Crippen LogP contribution in [0.5, 0.6) is 5.75 Å². The fourth-order valence-corrected chi connectivity index (χ4v) is 3.94. The Labute approximate surface area is 178 Å². The molecule has 0 unspecified atom stereocenters. The smallest absolute Gasteiger partial charge is 0.387 e. The second-order valence-electron chi connectivity index (χ2n) is 6.63. The van der Waals surface area contributed by atoms with Crippen LogP contribution in [0, 0.1) is 0 Å². The lowest BCUT2D eigenvalue weighted by Gasteiger charge is -2.14. The van der Waals surface area contributed by atoms with Crippen LogP contribution < -0.4 is 4.74 Å². The van der Waals surface area contributed by atoms with Crippen molar-refractivity contribution in [1.29, 1.82) is 0 Å². The Hall–Kier alpha value is -2.00. The van der Waals surface area contributed by atoms with E-state index in [2.05, 4.69) is 4.74 Å². The van der Waals surface area contributed by atoms with Gasteiger partial charge in [0.25, 0.3) is 5.91 Å². The van der Waals surface area contributed by atoms with E-state index < -0.39 is 6.61 Å². The molecule has 1 heterocycles. The number of rotatable bonds is 10. The SMILES string of the molecule is CC(C)OC(=O)CCCCCN1C(=O)/C(=C/c2ccc(OC(F)F)cc2)SC1=S. The van der Waals surface area contributed by atoms with Crippen LogP contribution in [0.4, 0.5) is 8.78 Å². The van der Waals surface area contributed by atoms with Crippen molar-refractivity contribution in [2.45, 2.75) is 52.2 Å². The van der Waals surface area contributed by atoms with Crippen LogP contribution in [-0.2, 0) is 14.3 Å². The summed E-state index contributed by atoms with van der Waals surface area (Å²) in [6.07, 6.45) is 4.14. The highest BCUT2D eigenvalue weighted by Crippen LogP contribution is 2.33. The summed E-state index contributed by atoms with van der Waals surface area (Å²) in [5.41, 5.74) is 0.691. The first-order chi connectivity index (χ1) is 13.8. The van der Waals surface area contributed by atoms with Crippen LogP contribution in [0.2, 0.25) is 0 Å². The number of amides is 1. The van der Waals surface area contributed by atoms with Crippen LogP contribution in [-0.4, -0.2) is 40.4 Å². The molecule has 0 N–H and O–H groups in total. The van der Waals surface area contributed by atoms with Gasteiger partial charge in [0.2, 0.25) is 0 Å². The fourth-order valence-electron chi connectivity index (χ4n) is 2.63. The van der Waals surface area contributed by atoms with E-state index in [1.807, 2.05) is 13.8 Å². The van der Waals surface area contributed by atoms with Crippen molar-refractivity contribution >= 4 is 46.3 Å². The highest BCUT2D eigenvalue weighted by molar-refractivity contribution is 8.26. The lowest BCUT2D eigenvalue weighted by molar-refractivity contribution is -0.147. The maximum atomic E-state index is 12.6. The Bertz CT molecular complexity index is 766. The number of alkyl halides is 2. The molecule has 9 heteroatoms. The third kappa shape index (κ3) is 7.74. The van der Waals surface area contributed by atoms with Gasteiger partial charge in [0.15, 0.2) is 0 Å². The summed E-state index contributed by atoms with van der Waals surface area (Å²) in [6.45, 7) is 1.23. The Kier molecular flexibility index (Phi) is 9.03. The van der Waals surface area contributed by atoms with Crippen molar-refractivity contribution in [1.82, 2.24) is 4.90 Å². The molecule has 0 bridgehead atoms. The molecule has 1 aromatic rings. The molecule has 1 fully saturated rings. The Morgan fingerprint density at radius 3 is 2.52 bits per heavy atom. The zero-order valence-electron chi connectivity index (χ0n) is 16.2. The minimum Gasteiger partial charge on any atom is -0.463 e. The molecule has 2 rings (SSSR count). The van der Waals surface area contributed by atoms with Gasteiger partial charge >= 0.3 is 12.6 Å². The molecule has 0 radical (unpaired) electrons. The molecule has 5 nitrogen and oxygen atoms in total. The normalized spacial score (nSPS) is 15.7. The van der Waals surface area contributed by atoms with Crippen molar-refractivity contribution in [2.24, 2.45) is 0 Å². The van der Waals surface area contributed by atoms with Crippen LogP contribution >= 0.6 is 24.0 Å². The second kappa shape index (κ2) is 11.3. The fraction of sp³-hybridized carbons (Fsp3) is 0.450. The van der Waals surface area contributed by atoms with Gasteiger partial charge in [-0.2, -0.15) is 8.78 Å². The maximum absolute atomic E-state index is 12.6. The summed E-state index contributed by atoms with van der Waals surface area (Å²) >= 11 is 6.51. The van der Waals surface area contributed by atoms with Crippen molar-refractivity contribution in [3.8, 4) is 5.75 Å². The molecule has 0 aromatic heterocycles. The number of unbranched alkanes of at least 4 members (excludes halogenated alkanes) is 2. The van der Waals surface area contributed by atoms with Gasteiger partial charge < -0.3 is 9.47 Å². The first-order valence-corrected chi connectivity index (χ1v) is 10.5. The Morgan fingerprint density at radius 1 is 1.21 bits per heavy atom. The number of hydrogen-bond acceptors (Lipinski definition) is 6. The lowest BCUT2D eigenvalue weighted by atomic mass is 10.2. The number of thioether (sulfide) groups is 1. The highest BCUT2D eigenvalue weighted by Gasteiger charge is 2.31. The average molecular weight is 444 g/mol. The summed E-state index contributed by atoms with van der Waals surface area (Å²) in [7, 11) is 0. The van der Waals surface area contributed by atoms with Crippen molar-refractivity contribution in [2.75, 3.05) is 6.54 Å². The molecule has 1 saturated heterocycles. The predicted molar refractivity (Wildman–Crippen MR) is 113 cm³/mol. The van der Waals surface area contributed by atoms with Crippen LogP contribution in [0.15, 0.2) is 29.2 Å². The summed E-state index contributed by atoms with van der Waals surface area (Å²) in [4.78, 5) is 26.1. The van der Waals surface area contributed by atoms with Gasteiger partial charge in [0.1, 0.15) is 10.1 Å². The van der Waals surface area contributed by atoms with Gasteiger partial charge in [0.05, 0.1) is 11.0 Å². The quantitative estimate of drug-likeness (QED) is 0.220.